The van der Waals surface area contributed by atoms with Crippen LogP contribution in [0.25, 0.3) is 0 Å². The van der Waals surface area contributed by atoms with Crippen LogP contribution >= 0.6 is 0 Å². The molecule has 0 aliphatic carbocycles. The Labute approximate surface area is 172 Å². The molecule has 0 saturated heterocycles. The fourth-order valence-corrected chi connectivity index (χ4v) is 3.50. The number of hydrogen-bond acceptors (Lipinski definition) is 5. The summed E-state index contributed by atoms with van der Waals surface area (Å²) in [6.07, 6.45) is 12.2. The maximum absolute atomic E-state index is 12.5. The van der Waals surface area contributed by atoms with Crippen molar-refractivity contribution in [3.63, 3.8) is 0 Å². The standard InChI is InChI=1S/C23H45NO4/c1-5-7-8-13-16-22(4,27)18-19-23(24,21(26)28-6-2)17-14-11-9-10-12-15-20(3)25/h27H,5-19,24H2,1-4H3. The summed E-state index contributed by atoms with van der Waals surface area (Å²) in [5, 5.41) is 10.7. The number of carbonyl (C=O) groups is 2. The van der Waals surface area contributed by atoms with Gasteiger partial charge in [-0.15, -0.1) is 0 Å². The Hall–Kier alpha value is -0.940. The second kappa shape index (κ2) is 15.0. The molecule has 0 fully saturated rings. The largest absolute Gasteiger partial charge is 0.465 e. The third kappa shape index (κ3) is 13.3. The zero-order valence-electron chi connectivity index (χ0n) is 18.9. The summed E-state index contributed by atoms with van der Waals surface area (Å²) in [6, 6.07) is 0. The third-order valence-electron chi connectivity index (χ3n) is 5.51. The summed E-state index contributed by atoms with van der Waals surface area (Å²) < 4.78 is 5.22. The van der Waals surface area contributed by atoms with Gasteiger partial charge in [-0.3, -0.25) is 4.79 Å². The van der Waals surface area contributed by atoms with E-state index >= 15 is 0 Å². The minimum absolute atomic E-state index is 0.241. The van der Waals surface area contributed by atoms with Gasteiger partial charge in [0.05, 0.1) is 12.2 Å². The smallest absolute Gasteiger partial charge is 0.326 e. The number of Topliss-reactive ketones (excluding diaryl/α,β-unsaturated/α-hetero) is 1. The van der Waals surface area contributed by atoms with Crippen molar-refractivity contribution in [3.8, 4) is 0 Å². The molecule has 0 rings (SSSR count). The molecule has 0 heterocycles. The number of ether oxygens (including phenoxy) is 1. The molecular formula is C23H45NO4. The molecule has 5 heteroatoms. The molecule has 0 aliphatic rings. The van der Waals surface area contributed by atoms with E-state index in [0.717, 1.165) is 51.4 Å². The quantitative estimate of drug-likeness (QED) is 0.248. The van der Waals surface area contributed by atoms with Crippen LogP contribution in [0, 0.1) is 0 Å². The summed E-state index contributed by atoms with van der Waals surface area (Å²) in [5.41, 5.74) is 4.64. The molecule has 28 heavy (non-hydrogen) atoms. The highest BCUT2D eigenvalue weighted by molar-refractivity contribution is 5.80. The average molecular weight is 400 g/mol. The van der Waals surface area contributed by atoms with Crippen LogP contribution in [0.1, 0.15) is 118 Å². The van der Waals surface area contributed by atoms with Crippen molar-refractivity contribution < 1.29 is 19.4 Å². The number of rotatable bonds is 18. The first-order valence-electron chi connectivity index (χ1n) is 11.3. The molecular weight excluding hydrogens is 354 g/mol. The topological polar surface area (TPSA) is 89.6 Å². The van der Waals surface area contributed by atoms with Gasteiger partial charge in [0.2, 0.25) is 0 Å². The fourth-order valence-electron chi connectivity index (χ4n) is 3.50. The van der Waals surface area contributed by atoms with Crippen LogP contribution in [0.3, 0.4) is 0 Å². The SMILES string of the molecule is CCCCCCC(C)(O)CCC(N)(CCCCCCCC(C)=O)C(=O)OCC. The number of nitrogens with two attached hydrogens (primary N) is 1. The lowest BCUT2D eigenvalue weighted by Gasteiger charge is -2.31. The van der Waals surface area contributed by atoms with Gasteiger partial charge in [-0.25, -0.2) is 0 Å². The Morgan fingerprint density at radius 1 is 0.857 bits per heavy atom. The molecule has 0 radical (unpaired) electrons. The van der Waals surface area contributed by atoms with Gasteiger partial charge >= 0.3 is 5.97 Å². The van der Waals surface area contributed by atoms with Gasteiger partial charge in [0.1, 0.15) is 11.3 Å². The third-order valence-corrected chi connectivity index (χ3v) is 5.51. The van der Waals surface area contributed by atoms with Crippen molar-refractivity contribution in [1.82, 2.24) is 0 Å². The van der Waals surface area contributed by atoms with Crippen molar-refractivity contribution in [1.29, 1.82) is 0 Å². The number of ketones is 1. The monoisotopic (exact) mass is 399 g/mol. The first-order chi connectivity index (χ1) is 13.2. The summed E-state index contributed by atoms with van der Waals surface area (Å²) in [5.74, 6) is -0.113. The molecule has 0 aliphatic heterocycles. The molecule has 5 nitrogen and oxygen atoms in total. The van der Waals surface area contributed by atoms with E-state index in [2.05, 4.69) is 6.92 Å². The summed E-state index contributed by atoms with van der Waals surface area (Å²) in [6.45, 7) is 7.75. The van der Waals surface area contributed by atoms with Crippen LogP contribution in [0.15, 0.2) is 0 Å². The molecule has 0 spiro atoms. The maximum atomic E-state index is 12.5. The molecule has 3 N–H and O–H groups in total. The van der Waals surface area contributed by atoms with E-state index in [1.165, 1.54) is 12.8 Å². The lowest BCUT2D eigenvalue weighted by Crippen LogP contribution is -2.50. The Kier molecular flexibility index (Phi) is 14.5. The molecule has 0 saturated carbocycles. The van der Waals surface area contributed by atoms with Gasteiger partial charge in [0, 0.05) is 6.42 Å². The van der Waals surface area contributed by atoms with Gasteiger partial charge in [-0.2, -0.15) is 0 Å². The van der Waals surface area contributed by atoms with Crippen molar-refractivity contribution in [3.05, 3.63) is 0 Å². The molecule has 2 atom stereocenters. The molecule has 0 bridgehead atoms. The van der Waals surface area contributed by atoms with E-state index in [-0.39, 0.29) is 11.8 Å². The lowest BCUT2D eigenvalue weighted by molar-refractivity contribution is -0.150. The van der Waals surface area contributed by atoms with E-state index in [1.807, 2.05) is 6.92 Å². The molecule has 166 valence electrons. The van der Waals surface area contributed by atoms with Gasteiger partial charge in [0.25, 0.3) is 0 Å². The summed E-state index contributed by atoms with van der Waals surface area (Å²) >= 11 is 0. The Morgan fingerprint density at radius 3 is 2.04 bits per heavy atom. The summed E-state index contributed by atoms with van der Waals surface area (Å²) in [4.78, 5) is 23.4. The number of esters is 1. The second-order valence-electron chi connectivity index (χ2n) is 8.65. The average Bonchev–Trinajstić information content (AvgIpc) is 2.63. The number of aliphatic hydroxyl groups is 1. The van der Waals surface area contributed by atoms with E-state index < -0.39 is 11.1 Å². The second-order valence-corrected chi connectivity index (χ2v) is 8.65. The Balaban J connectivity index is 4.45. The normalized spacial score (nSPS) is 15.6. The van der Waals surface area contributed by atoms with E-state index in [1.54, 1.807) is 13.8 Å². The highest BCUT2D eigenvalue weighted by atomic mass is 16.5. The lowest BCUT2D eigenvalue weighted by atomic mass is 9.82. The Bertz CT molecular complexity index is 436. The molecule has 0 aromatic rings. The molecule has 0 aromatic carbocycles. The Morgan fingerprint density at radius 2 is 1.43 bits per heavy atom. The highest BCUT2D eigenvalue weighted by Gasteiger charge is 2.37. The van der Waals surface area contributed by atoms with Crippen LogP contribution in [-0.2, 0) is 14.3 Å². The molecule has 2 unspecified atom stereocenters. The van der Waals surface area contributed by atoms with Gasteiger partial charge in [0.15, 0.2) is 0 Å². The summed E-state index contributed by atoms with van der Waals surface area (Å²) in [7, 11) is 0. The predicted molar refractivity (Wildman–Crippen MR) is 115 cm³/mol. The number of unbranched alkanes of at least 4 members (excludes halogenated alkanes) is 7. The zero-order chi connectivity index (χ0) is 21.5. The van der Waals surface area contributed by atoms with Crippen LogP contribution in [0.4, 0.5) is 0 Å². The van der Waals surface area contributed by atoms with Crippen molar-refractivity contribution in [2.45, 2.75) is 129 Å². The van der Waals surface area contributed by atoms with Gasteiger partial charge < -0.3 is 20.4 Å². The van der Waals surface area contributed by atoms with Crippen molar-refractivity contribution >= 4 is 11.8 Å². The molecule has 0 aromatic heterocycles. The minimum atomic E-state index is -1.02. The zero-order valence-corrected chi connectivity index (χ0v) is 18.9. The number of hydrogen-bond donors (Lipinski definition) is 2. The van der Waals surface area contributed by atoms with Crippen LogP contribution < -0.4 is 5.73 Å². The van der Waals surface area contributed by atoms with Crippen LogP contribution in [0.2, 0.25) is 0 Å². The van der Waals surface area contributed by atoms with Gasteiger partial charge in [-0.1, -0.05) is 58.3 Å². The van der Waals surface area contributed by atoms with E-state index in [0.29, 0.717) is 32.3 Å². The first-order valence-corrected chi connectivity index (χ1v) is 11.3. The van der Waals surface area contributed by atoms with Crippen molar-refractivity contribution in [2.24, 2.45) is 5.73 Å². The highest BCUT2D eigenvalue weighted by Crippen LogP contribution is 2.28. The fraction of sp³-hybridized carbons (Fsp3) is 0.913. The van der Waals surface area contributed by atoms with E-state index in [9.17, 15) is 14.7 Å². The van der Waals surface area contributed by atoms with Crippen LogP contribution in [0.5, 0.6) is 0 Å². The predicted octanol–water partition coefficient (Wildman–Crippen LogP) is 5.07. The minimum Gasteiger partial charge on any atom is -0.465 e. The number of carbonyl (C=O) groups excluding carboxylic acids is 2. The van der Waals surface area contributed by atoms with Gasteiger partial charge in [-0.05, 0) is 52.9 Å². The van der Waals surface area contributed by atoms with Crippen LogP contribution in [-0.4, -0.2) is 34.6 Å². The first kappa shape index (κ1) is 27.1. The maximum Gasteiger partial charge on any atom is 0.326 e. The van der Waals surface area contributed by atoms with E-state index in [4.69, 9.17) is 10.5 Å². The van der Waals surface area contributed by atoms with Crippen molar-refractivity contribution in [2.75, 3.05) is 6.61 Å². The molecule has 0 amide bonds.